The second-order valence-corrected chi connectivity index (χ2v) is 8.42. The van der Waals surface area contributed by atoms with E-state index >= 15 is 0 Å². The Morgan fingerprint density at radius 1 is 0.833 bits per heavy atom. The summed E-state index contributed by atoms with van der Waals surface area (Å²) < 4.78 is 30.8. The molecule has 0 unspecified atom stereocenters. The molecule has 150 valence electrons. The van der Waals surface area contributed by atoms with Gasteiger partial charge >= 0.3 is 5.97 Å². The van der Waals surface area contributed by atoms with E-state index in [0.717, 1.165) is 6.07 Å². The number of benzene rings is 3. The first-order chi connectivity index (χ1) is 14.4. The van der Waals surface area contributed by atoms with Crippen LogP contribution in [0.5, 0.6) is 0 Å². The maximum absolute atomic E-state index is 12.9. The van der Waals surface area contributed by atoms with Crippen molar-refractivity contribution in [3.63, 3.8) is 0 Å². The van der Waals surface area contributed by atoms with E-state index < -0.39 is 34.1 Å². The van der Waals surface area contributed by atoms with Gasteiger partial charge in [0.2, 0.25) is 9.84 Å². The summed E-state index contributed by atoms with van der Waals surface area (Å²) >= 11 is 0. The van der Waals surface area contributed by atoms with Crippen molar-refractivity contribution in [2.45, 2.75) is 9.79 Å². The minimum atomic E-state index is -3.97. The highest BCUT2D eigenvalue weighted by molar-refractivity contribution is 7.91. The number of carbonyl (C=O) groups is 3. The number of para-hydroxylation sites is 1. The van der Waals surface area contributed by atoms with Crippen LogP contribution < -0.4 is 5.32 Å². The summed E-state index contributed by atoms with van der Waals surface area (Å²) in [7, 11) is -3.97. The molecule has 7 nitrogen and oxygen atoms in total. The van der Waals surface area contributed by atoms with Gasteiger partial charge in [0.15, 0.2) is 12.4 Å². The van der Waals surface area contributed by atoms with Gasteiger partial charge in [-0.1, -0.05) is 30.3 Å². The lowest BCUT2D eigenvalue weighted by Crippen LogP contribution is -2.22. The van der Waals surface area contributed by atoms with Gasteiger partial charge in [-0.3, -0.25) is 9.59 Å². The van der Waals surface area contributed by atoms with Gasteiger partial charge in [0.25, 0.3) is 5.91 Å². The highest BCUT2D eigenvalue weighted by Crippen LogP contribution is 2.34. The lowest BCUT2D eigenvalue weighted by atomic mass is 10.0. The summed E-state index contributed by atoms with van der Waals surface area (Å²) in [4.78, 5) is 36.6. The second kappa shape index (κ2) is 7.57. The second-order valence-electron chi connectivity index (χ2n) is 6.53. The van der Waals surface area contributed by atoms with E-state index in [9.17, 15) is 22.8 Å². The predicted octanol–water partition coefficient (Wildman–Crippen LogP) is 2.86. The zero-order valence-electron chi connectivity index (χ0n) is 15.5. The zero-order valence-corrected chi connectivity index (χ0v) is 16.3. The van der Waals surface area contributed by atoms with Crippen LogP contribution in [0.25, 0.3) is 0 Å². The molecule has 0 radical (unpaired) electrons. The number of rotatable bonds is 4. The van der Waals surface area contributed by atoms with E-state index in [-0.39, 0.29) is 26.5 Å². The van der Waals surface area contributed by atoms with Crippen LogP contribution >= 0.6 is 0 Å². The van der Waals surface area contributed by atoms with Crippen LogP contribution in [-0.2, 0) is 19.4 Å². The zero-order chi connectivity index (χ0) is 21.3. The van der Waals surface area contributed by atoms with E-state index in [1.807, 2.05) is 0 Å². The summed E-state index contributed by atoms with van der Waals surface area (Å²) in [6, 6.07) is 18.3. The molecular formula is C22H15NO6S. The van der Waals surface area contributed by atoms with E-state index in [4.69, 9.17) is 4.74 Å². The van der Waals surface area contributed by atoms with Crippen LogP contribution in [0.15, 0.2) is 82.6 Å². The van der Waals surface area contributed by atoms with E-state index in [0.29, 0.717) is 5.69 Å². The van der Waals surface area contributed by atoms with Crippen molar-refractivity contribution in [3.05, 3.63) is 89.5 Å². The number of fused-ring (bicyclic) bond motifs is 2. The Hall–Kier alpha value is -3.78. The Morgan fingerprint density at radius 3 is 2.27 bits per heavy atom. The third-order valence-electron chi connectivity index (χ3n) is 4.56. The minimum absolute atomic E-state index is 0.00734. The van der Waals surface area contributed by atoms with E-state index in [1.165, 1.54) is 30.3 Å². The van der Waals surface area contributed by atoms with Gasteiger partial charge in [-0.2, -0.15) is 0 Å². The number of sulfone groups is 1. The molecule has 1 aliphatic heterocycles. The van der Waals surface area contributed by atoms with Crippen LogP contribution in [-0.4, -0.2) is 32.7 Å². The number of hydrogen-bond donors (Lipinski definition) is 1. The van der Waals surface area contributed by atoms with Gasteiger partial charge in [0.05, 0.1) is 15.4 Å². The van der Waals surface area contributed by atoms with Gasteiger partial charge in [0, 0.05) is 16.8 Å². The predicted molar refractivity (Wildman–Crippen MR) is 107 cm³/mol. The molecule has 0 aliphatic carbocycles. The molecule has 0 saturated heterocycles. The van der Waals surface area contributed by atoms with Gasteiger partial charge in [-0.25, -0.2) is 13.2 Å². The molecule has 3 aromatic carbocycles. The van der Waals surface area contributed by atoms with Crippen LogP contribution in [0.3, 0.4) is 0 Å². The van der Waals surface area contributed by atoms with Crippen LogP contribution in [0.4, 0.5) is 5.69 Å². The Morgan fingerprint density at radius 2 is 1.50 bits per heavy atom. The molecule has 8 heteroatoms. The molecule has 30 heavy (non-hydrogen) atoms. The first kappa shape index (κ1) is 19.5. The number of hydrogen-bond acceptors (Lipinski definition) is 6. The average molecular weight is 421 g/mol. The van der Waals surface area contributed by atoms with Crippen molar-refractivity contribution in [3.8, 4) is 0 Å². The van der Waals surface area contributed by atoms with Crippen LogP contribution in [0.1, 0.15) is 26.3 Å². The number of ketones is 1. The average Bonchev–Trinajstić information content (AvgIpc) is 2.76. The number of amides is 1. The van der Waals surface area contributed by atoms with Crippen molar-refractivity contribution in [2.75, 3.05) is 11.9 Å². The molecule has 1 aliphatic rings. The molecular weight excluding hydrogens is 406 g/mol. The molecule has 1 N–H and O–H groups in total. The van der Waals surface area contributed by atoms with Crippen molar-refractivity contribution in [2.24, 2.45) is 0 Å². The molecule has 0 aromatic heterocycles. The van der Waals surface area contributed by atoms with Crippen molar-refractivity contribution < 1.29 is 27.5 Å². The molecule has 1 amide bonds. The fourth-order valence-electron chi connectivity index (χ4n) is 3.14. The number of carbonyl (C=O) groups excluding carboxylic acids is 3. The lowest BCUT2D eigenvalue weighted by Gasteiger charge is -2.19. The third kappa shape index (κ3) is 3.48. The maximum Gasteiger partial charge on any atom is 0.338 e. The summed E-state index contributed by atoms with van der Waals surface area (Å²) in [5.74, 6) is -1.84. The molecule has 0 saturated carbocycles. The molecule has 0 atom stereocenters. The fraction of sp³-hybridized carbons (Fsp3) is 0.0455. The first-order valence-electron chi connectivity index (χ1n) is 8.93. The summed E-state index contributed by atoms with van der Waals surface area (Å²) in [5, 5.41) is 2.57. The van der Waals surface area contributed by atoms with Gasteiger partial charge in [-0.15, -0.1) is 0 Å². The smallest absolute Gasteiger partial charge is 0.338 e. The van der Waals surface area contributed by atoms with Crippen molar-refractivity contribution in [1.29, 1.82) is 0 Å². The number of nitrogens with one attached hydrogen (secondary N) is 1. The molecule has 0 fully saturated rings. The maximum atomic E-state index is 12.9. The first-order valence-corrected chi connectivity index (χ1v) is 10.4. The van der Waals surface area contributed by atoms with Crippen LogP contribution in [0.2, 0.25) is 0 Å². The SMILES string of the molecule is O=C(COC(=O)c1ccc2c(c1)S(=O)(=O)c1ccccc1C2=O)Nc1ccccc1. The highest BCUT2D eigenvalue weighted by atomic mass is 32.2. The van der Waals surface area contributed by atoms with Gasteiger partial charge < -0.3 is 10.1 Å². The third-order valence-corrected chi connectivity index (χ3v) is 6.42. The Labute approximate surface area is 172 Å². The quantitative estimate of drug-likeness (QED) is 0.508. The van der Waals surface area contributed by atoms with E-state index in [2.05, 4.69) is 5.32 Å². The highest BCUT2D eigenvalue weighted by Gasteiger charge is 2.35. The van der Waals surface area contributed by atoms with Crippen LogP contribution in [0, 0.1) is 0 Å². The standard InChI is InChI=1S/C22H15NO6S/c24-20(23-15-6-2-1-3-7-15)13-29-22(26)14-10-11-17-19(12-14)30(27,28)18-9-5-4-8-16(18)21(17)25/h1-12H,13H2,(H,23,24). The molecule has 1 heterocycles. The minimum Gasteiger partial charge on any atom is -0.452 e. The number of ether oxygens (including phenoxy) is 1. The molecule has 0 bridgehead atoms. The summed E-state index contributed by atoms with van der Waals surface area (Å²) in [5.41, 5.74) is 0.567. The van der Waals surface area contributed by atoms with Gasteiger partial charge in [0.1, 0.15) is 0 Å². The fourth-order valence-corrected chi connectivity index (χ4v) is 4.82. The normalized spacial score (nSPS) is 13.7. The largest absolute Gasteiger partial charge is 0.452 e. The Balaban J connectivity index is 1.54. The number of anilines is 1. The van der Waals surface area contributed by atoms with Crippen molar-refractivity contribution >= 4 is 33.2 Å². The lowest BCUT2D eigenvalue weighted by molar-refractivity contribution is -0.119. The topological polar surface area (TPSA) is 107 Å². The number of esters is 1. The van der Waals surface area contributed by atoms with Gasteiger partial charge in [-0.05, 0) is 42.5 Å². The monoisotopic (exact) mass is 421 g/mol. The van der Waals surface area contributed by atoms with E-state index in [1.54, 1.807) is 36.4 Å². The summed E-state index contributed by atoms with van der Waals surface area (Å²) in [6.07, 6.45) is 0. The Bertz CT molecular complexity index is 1280. The van der Waals surface area contributed by atoms with Crippen molar-refractivity contribution in [1.82, 2.24) is 0 Å². The molecule has 3 aromatic rings. The molecule has 4 rings (SSSR count). The molecule has 0 spiro atoms. The Kier molecular flexibility index (Phi) is 4.93. The summed E-state index contributed by atoms with van der Waals surface area (Å²) in [6.45, 7) is -0.542.